The Hall–Kier alpha value is -6.68. The van der Waals surface area contributed by atoms with Crippen LogP contribution in [0.2, 0.25) is 5.02 Å². The number of carbonyl (C=O) groups excluding carboxylic acids is 4. The van der Waals surface area contributed by atoms with Crippen LogP contribution < -0.4 is 16.0 Å². The molecule has 0 saturated carbocycles. The number of halogens is 1. The van der Waals surface area contributed by atoms with Crippen LogP contribution in [0.3, 0.4) is 0 Å². The maximum atomic E-state index is 13.8. The van der Waals surface area contributed by atoms with E-state index in [9.17, 15) is 19.2 Å². The second-order valence-corrected chi connectivity index (χ2v) is 13.0. The topological polar surface area (TPSA) is 215 Å². The van der Waals surface area contributed by atoms with E-state index in [0.717, 1.165) is 0 Å². The number of esters is 1. The number of amides is 3. The highest BCUT2D eigenvalue weighted by atomic mass is 35.5. The molecule has 264 valence electrons. The lowest BCUT2D eigenvalue weighted by molar-refractivity contribution is -0.137. The number of aromatic amines is 1. The van der Waals surface area contributed by atoms with Crippen molar-refractivity contribution in [3.8, 4) is 5.69 Å². The van der Waals surface area contributed by atoms with Gasteiger partial charge in [0, 0.05) is 46.0 Å². The number of hydrogen-bond donors (Lipinski definition) is 5. The van der Waals surface area contributed by atoms with Gasteiger partial charge in [-0.3, -0.25) is 24.4 Å². The number of benzene rings is 3. The van der Waals surface area contributed by atoms with E-state index in [4.69, 9.17) is 21.7 Å². The molecule has 0 radical (unpaired) electrons. The highest BCUT2D eigenvalue weighted by Gasteiger charge is 2.26. The van der Waals surface area contributed by atoms with Gasteiger partial charge in [-0.1, -0.05) is 35.9 Å². The van der Waals surface area contributed by atoms with Crippen LogP contribution in [-0.4, -0.2) is 75.9 Å². The summed E-state index contributed by atoms with van der Waals surface area (Å²) < 4.78 is 8.29. The van der Waals surface area contributed by atoms with Crippen LogP contribution in [0.4, 0.5) is 11.4 Å². The smallest absolute Gasteiger partial charge is 0.355 e. The molecule has 3 aromatic heterocycles. The van der Waals surface area contributed by atoms with E-state index in [1.54, 1.807) is 98.4 Å². The van der Waals surface area contributed by atoms with Crippen molar-refractivity contribution in [2.75, 3.05) is 10.6 Å². The van der Waals surface area contributed by atoms with Crippen LogP contribution in [0.15, 0.2) is 91.8 Å². The molecule has 0 spiro atoms. The molecule has 0 fully saturated rings. The summed E-state index contributed by atoms with van der Waals surface area (Å²) in [5.74, 6) is -3.10. The molecule has 0 saturated heterocycles. The Morgan fingerprint density at radius 3 is 2.44 bits per heavy atom. The fraction of sp³-hybridized carbons (Fsp3) is 0.171. The Balaban J connectivity index is 1.22. The molecule has 16 nitrogen and oxygen atoms in total. The van der Waals surface area contributed by atoms with E-state index in [1.807, 2.05) is 0 Å². The van der Waals surface area contributed by atoms with Crippen molar-refractivity contribution in [1.82, 2.24) is 40.1 Å². The number of rotatable bonds is 9. The lowest BCUT2D eigenvalue weighted by Crippen LogP contribution is -2.49. The Labute approximate surface area is 301 Å². The molecule has 0 aliphatic carbocycles. The zero-order valence-corrected chi connectivity index (χ0v) is 28.8. The van der Waals surface area contributed by atoms with Gasteiger partial charge in [-0.05, 0) is 79.2 Å². The van der Waals surface area contributed by atoms with Crippen LogP contribution in [0.5, 0.6) is 0 Å². The van der Waals surface area contributed by atoms with Gasteiger partial charge >= 0.3 is 17.8 Å². The van der Waals surface area contributed by atoms with Gasteiger partial charge in [-0.2, -0.15) is 4.68 Å². The standard InChI is InChI=1S/C35H32ClN11O5/c1-35(2,3)52-34(51)28-16-22-15-24(9-10-25(22)41-28)40-31(48)27(14-20-4-6-21(7-5-20)30(37)46-13-12-38-18-46)43-33(50)32(49)42-26-17-23(36)8-11-29(26)47-19-39-44-45-47/h4-13,15-19,27,37,41H,14H2,1-3H3,(H,40,48)(H,42,49)(H,43,50). The minimum Gasteiger partial charge on any atom is -0.455 e. The summed E-state index contributed by atoms with van der Waals surface area (Å²) in [6.45, 7) is 5.31. The normalized spacial score (nSPS) is 11.8. The molecule has 17 heteroatoms. The third-order valence-electron chi connectivity index (χ3n) is 7.57. The Kier molecular flexibility index (Phi) is 9.91. The van der Waals surface area contributed by atoms with E-state index in [-0.39, 0.29) is 28.7 Å². The summed E-state index contributed by atoms with van der Waals surface area (Å²) in [6, 6.07) is 16.8. The van der Waals surface area contributed by atoms with Crippen LogP contribution in [0.25, 0.3) is 16.6 Å². The van der Waals surface area contributed by atoms with Crippen LogP contribution >= 0.6 is 11.6 Å². The first-order valence-electron chi connectivity index (χ1n) is 15.8. The van der Waals surface area contributed by atoms with Gasteiger partial charge in [0.15, 0.2) is 0 Å². The minimum atomic E-state index is -1.23. The summed E-state index contributed by atoms with van der Waals surface area (Å²) in [6.07, 6.45) is 6.03. The average Bonchev–Trinajstić information content (AvgIpc) is 3.90. The average molecular weight is 722 g/mol. The molecule has 0 bridgehead atoms. The van der Waals surface area contributed by atoms with E-state index < -0.39 is 35.3 Å². The number of aromatic nitrogens is 7. The molecular formula is C35H32ClN11O5. The van der Waals surface area contributed by atoms with Crippen LogP contribution in [0.1, 0.15) is 42.4 Å². The molecule has 3 heterocycles. The highest BCUT2D eigenvalue weighted by molar-refractivity contribution is 6.40. The molecule has 6 rings (SSSR count). The van der Waals surface area contributed by atoms with E-state index in [1.165, 1.54) is 23.4 Å². The zero-order chi connectivity index (χ0) is 37.0. The Morgan fingerprint density at radius 1 is 0.962 bits per heavy atom. The Morgan fingerprint density at radius 2 is 1.75 bits per heavy atom. The molecule has 52 heavy (non-hydrogen) atoms. The quantitative estimate of drug-likeness (QED) is 0.0627. The molecule has 1 unspecified atom stereocenters. The Bertz CT molecular complexity index is 2280. The van der Waals surface area contributed by atoms with Crippen molar-refractivity contribution in [2.24, 2.45) is 0 Å². The molecule has 0 aliphatic rings. The first-order valence-corrected chi connectivity index (χ1v) is 16.2. The monoisotopic (exact) mass is 721 g/mol. The summed E-state index contributed by atoms with van der Waals surface area (Å²) >= 11 is 6.16. The highest BCUT2D eigenvalue weighted by Crippen LogP contribution is 2.25. The number of nitrogens with zero attached hydrogens (tertiary/aromatic N) is 6. The van der Waals surface area contributed by atoms with Gasteiger partial charge < -0.3 is 25.7 Å². The van der Waals surface area contributed by atoms with Crippen LogP contribution in [-0.2, 0) is 25.5 Å². The maximum Gasteiger partial charge on any atom is 0.355 e. The van der Waals surface area contributed by atoms with Crippen LogP contribution in [0, 0.1) is 5.41 Å². The first-order chi connectivity index (χ1) is 24.8. The fourth-order valence-corrected chi connectivity index (χ4v) is 5.32. The van der Waals surface area contributed by atoms with Crippen molar-refractivity contribution < 1.29 is 23.9 Å². The number of H-pyrrole nitrogens is 1. The number of nitrogens with one attached hydrogen (secondary N) is 5. The maximum absolute atomic E-state index is 13.8. The van der Waals surface area contributed by atoms with Crippen molar-refractivity contribution >= 4 is 63.4 Å². The fourth-order valence-electron chi connectivity index (χ4n) is 5.15. The van der Waals surface area contributed by atoms with Gasteiger partial charge in [0.25, 0.3) is 0 Å². The molecule has 3 aromatic carbocycles. The summed E-state index contributed by atoms with van der Waals surface area (Å²) in [5, 5.41) is 28.2. The van der Waals surface area contributed by atoms with Crippen molar-refractivity contribution in [2.45, 2.75) is 38.8 Å². The molecule has 0 aliphatic heterocycles. The zero-order valence-electron chi connectivity index (χ0n) is 28.0. The van der Waals surface area contributed by atoms with Gasteiger partial charge in [0.1, 0.15) is 35.8 Å². The third-order valence-corrected chi connectivity index (χ3v) is 7.80. The van der Waals surface area contributed by atoms with E-state index in [0.29, 0.717) is 33.4 Å². The van der Waals surface area contributed by atoms with Gasteiger partial charge in [0.05, 0.1) is 11.4 Å². The molecular weight excluding hydrogens is 690 g/mol. The third kappa shape index (κ3) is 8.36. The number of hydrogen-bond acceptors (Lipinski definition) is 10. The van der Waals surface area contributed by atoms with Gasteiger partial charge in [-0.15, -0.1) is 5.10 Å². The minimum absolute atomic E-state index is 0.00816. The molecule has 3 amide bonds. The largest absolute Gasteiger partial charge is 0.455 e. The second kappa shape index (κ2) is 14.7. The predicted molar refractivity (Wildman–Crippen MR) is 191 cm³/mol. The lowest BCUT2D eigenvalue weighted by atomic mass is 10.0. The van der Waals surface area contributed by atoms with E-state index >= 15 is 0 Å². The molecule has 6 aromatic rings. The van der Waals surface area contributed by atoms with Crippen molar-refractivity contribution in [1.29, 1.82) is 5.41 Å². The summed E-state index contributed by atoms with van der Waals surface area (Å²) in [4.78, 5) is 59.9. The van der Waals surface area contributed by atoms with Crippen molar-refractivity contribution in [3.63, 3.8) is 0 Å². The number of imidazole rings is 1. The first kappa shape index (κ1) is 35.2. The number of fused-ring (bicyclic) bond motifs is 1. The number of anilines is 2. The molecule has 5 N–H and O–H groups in total. The van der Waals surface area contributed by atoms with Gasteiger partial charge in [0.2, 0.25) is 5.91 Å². The number of carbonyl (C=O) groups is 4. The predicted octanol–water partition coefficient (Wildman–Crippen LogP) is 4.13. The lowest BCUT2D eigenvalue weighted by Gasteiger charge is -2.19. The van der Waals surface area contributed by atoms with E-state index in [2.05, 4.69) is 41.4 Å². The summed E-state index contributed by atoms with van der Waals surface area (Å²) in [5.41, 5.74) is 2.32. The van der Waals surface area contributed by atoms with Crippen molar-refractivity contribution in [3.05, 3.63) is 114 Å². The SMILES string of the molecule is CC(C)(C)OC(=O)c1cc2cc(NC(=O)C(Cc3ccc(C(=N)n4ccnc4)cc3)NC(=O)C(=O)Nc3cc(Cl)ccc3-n3cnnn3)ccc2[nH]1. The number of ether oxygens (including phenoxy) is 1. The summed E-state index contributed by atoms with van der Waals surface area (Å²) in [7, 11) is 0. The molecule has 1 atom stereocenters. The number of tetrazole rings is 1. The van der Waals surface area contributed by atoms with Gasteiger partial charge in [-0.25, -0.2) is 9.78 Å². The second-order valence-electron chi connectivity index (χ2n) is 12.6.